The van der Waals surface area contributed by atoms with Crippen molar-refractivity contribution in [3.63, 3.8) is 0 Å². The topological polar surface area (TPSA) is 12.4 Å². The summed E-state index contributed by atoms with van der Waals surface area (Å²) in [5.41, 5.74) is 2.48. The molecule has 0 saturated heterocycles. The van der Waals surface area contributed by atoms with E-state index >= 15 is 0 Å². The molecule has 2 heteroatoms. The van der Waals surface area contributed by atoms with Gasteiger partial charge in [0.05, 0.1) is 0 Å². The summed E-state index contributed by atoms with van der Waals surface area (Å²) < 4.78 is 0. The van der Waals surface area contributed by atoms with Crippen LogP contribution in [0.15, 0.2) is 40.3 Å². The molecule has 0 atom stereocenters. The van der Waals surface area contributed by atoms with Gasteiger partial charge in [-0.15, -0.1) is 0 Å². The summed E-state index contributed by atoms with van der Waals surface area (Å²) >= 11 is 1.67. The normalized spacial score (nSPS) is 21.1. The molecule has 0 aliphatic carbocycles. The Labute approximate surface area is 85.3 Å². The standard InChI is InChI=1S/C9H11NS.C2H6/c1-4-5-8-7(2)6-11-9(8)10-3;1-2/h4-6H,1H2,2-3H3;1-2H3/b8-5-,10-9?;. The first-order valence-corrected chi connectivity index (χ1v) is 5.31. The average Bonchev–Trinajstić information content (AvgIpc) is 2.52. The van der Waals surface area contributed by atoms with Crippen molar-refractivity contribution >= 4 is 16.8 Å². The molecule has 1 rings (SSSR count). The van der Waals surface area contributed by atoms with Gasteiger partial charge in [-0.3, -0.25) is 4.99 Å². The molecule has 0 radical (unpaired) electrons. The van der Waals surface area contributed by atoms with E-state index in [4.69, 9.17) is 0 Å². The summed E-state index contributed by atoms with van der Waals surface area (Å²) in [5, 5.41) is 3.19. The lowest BCUT2D eigenvalue weighted by atomic mass is 10.1. The van der Waals surface area contributed by atoms with Crippen LogP contribution in [0.4, 0.5) is 0 Å². The molecule has 1 aliphatic rings. The molecular formula is C11H17NS. The van der Waals surface area contributed by atoms with Crippen molar-refractivity contribution in [3.05, 3.63) is 35.3 Å². The third-order valence-corrected chi connectivity index (χ3v) is 2.59. The summed E-state index contributed by atoms with van der Waals surface area (Å²) in [4.78, 5) is 4.15. The van der Waals surface area contributed by atoms with Gasteiger partial charge in [-0.2, -0.15) is 0 Å². The Balaban J connectivity index is 0.000000671. The van der Waals surface area contributed by atoms with Crippen molar-refractivity contribution in [2.75, 3.05) is 7.05 Å². The molecule has 0 fully saturated rings. The minimum absolute atomic E-state index is 1.09. The van der Waals surface area contributed by atoms with Gasteiger partial charge < -0.3 is 0 Å². The van der Waals surface area contributed by atoms with Crippen LogP contribution in [0.3, 0.4) is 0 Å². The predicted molar refractivity (Wildman–Crippen MR) is 64.3 cm³/mol. The van der Waals surface area contributed by atoms with Crippen molar-refractivity contribution in [3.8, 4) is 0 Å². The lowest BCUT2D eigenvalue weighted by Crippen LogP contribution is -1.91. The third kappa shape index (κ3) is 3.23. The van der Waals surface area contributed by atoms with Gasteiger partial charge in [0.1, 0.15) is 5.04 Å². The van der Waals surface area contributed by atoms with Crippen LogP contribution >= 0.6 is 11.8 Å². The number of nitrogens with zero attached hydrogens (tertiary/aromatic N) is 1. The van der Waals surface area contributed by atoms with Gasteiger partial charge in [-0.05, 0) is 17.9 Å². The second-order valence-electron chi connectivity index (χ2n) is 2.26. The van der Waals surface area contributed by atoms with Crippen molar-refractivity contribution in [1.82, 2.24) is 0 Å². The third-order valence-electron chi connectivity index (χ3n) is 1.49. The Hall–Kier alpha value is -0.760. The van der Waals surface area contributed by atoms with Crippen LogP contribution in [-0.2, 0) is 0 Å². The van der Waals surface area contributed by atoms with Crippen LogP contribution in [0, 0.1) is 0 Å². The molecule has 0 aromatic heterocycles. The van der Waals surface area contributed by atoms with Crippen LogP contribution in [-0.4, -0.2) is 12.1 Å². The van der Waals surface area contributed by atoms with Crippen LogP contribution < -0.4 is 0 Å². The summed E-state index contributed by atoms with van der Waals surface area (Å²) in [6.07, 6.45) is 3.79. The highest BCUT2D eigenvalue weighted by atomic mass is 32.2. The molecule has 0 bridgehead atoms. The van der Waals surface area contributed by atoms with Crippen LogP contribution in [0.1, 0.15) is 20.8 Å². The smallest absolute Gasteiger partial charge is 0.102 e. The Morgan fingerprint density at radius 2 is 2.08 bits per heavy atom. The van der Waals surface area contributed by atoms with E-state index in [1.165, 1.54) is 11.1 Å². The largest absolute Gasteiger partial charge is 0.281 e. The number of hydrogen-bond acceptors (Lipinski definition) is 2. The van der Waals surface area contributed by atoms with Crippen molar-refractivity contribution in [2.24, 2.45) is 4.99 Å². The van der Waals surface area contributed by atoms with Gasteiger partial charge >= 0.3 is 0 Å². The number of allylic oxidation sites excluding steroid dienone is 3. The molecule has 1 nitrogen and oxygen atoms in total. The summed E-state index contributed by atoms with van der Waals surface area (Å²) in [5.74, 6) is 0. The van der Waals surface area contributed by atoms with Gasteiger partial charge in [0.15, 0.2) is 0 Å². The molecule has 0 saturated carbocycles. The number of thioether (sulfide) groups is 1. The van der Waals surface area contributed by atoms with E-state index in [9.17, 15) is 0 Å². The van der Waals surface area contributed by atoms with E-state index in [1.807, 2.05) is 27.0 Å². The summed E-state index contributed by atoms with van der Waals surface area (Å²) in [6.45, 7) is 9.74. The molecule has 0 unspecified atom stereocenters. The highest BCUT2D eigenvalue weighted by molar-refractivity contribution is 8.17. The average molecular weight is 195 g/mol. The Bertz CT molecular complexity index is 259. The van der Waals surface area contributed by atoms with E-state index in [0.29, 0.717) is 0 Å². The number of rotatable bonds is 1. The summed E-state index contributed by atoms with van der Waals surface area (Å²) in [6, 6.07) is 0. The van der Waals surface area contributed by atoms with Crippen molar-refractivity contribution in [2.45, 2.75) is 20.8 Å². The zero-order chi connectivity index (χ0) is 10.3. The van der Waals surface area contributed by atoms with Crippen LogP contribution in [0.2, 0.25) is 0 Å². The van der Waals surface area contributed by atoms with E-state index in [-0.39, 0.29) is 0 Å². The minimum Gasteiger partial charge on any atom is -0.281 e. The highest BCUT2D eigenvalue weighted by Gasteiger charge is 2.13. The van der Waals surface area contributed by atoms with Gasteiger partial charge in [0.25, 0.3) is 0 Å². The second kappa shape index (κ2) is 6.72. The monoisotopic (exact) mass is 195 g/mol. The number of hydrogen-bond donors (Lipinski definition) is 0. The zero-order valence-corrected chi connectivity index (χ0v) is 9.61. The molecule has 1 heterocycles. The van der Waals surface area contributed by atoms with Crippen molar-refractivity contribution < 1.29 is 0 Å². The van der Waals surface area contributed by atoms with E-state index in [0.717, 1.165) is 5.04 Å². The van der Waals surface area contributed by atoms with Crippen molar-refractivity contribution in [1.29, 1.82) is 0 Å². The van der Waals surface area contributed by atoms with Crippen LogP contribution in [0.5, 0.6) is 0 Å². The zero-order valence-electron chi connectivity index (χ0n) is 8.79. The molecule has 0 aromatic rings. The first kappa shape index (κ1) is 12.2. The van der Waals surface area contributed by atoms with Gasteiger partial charge in [0.2, 0.25) is 0 Å². The molecule has 13 heavy (non-hydrogen) atoms. The molecular weight excluding hydrogens is 178 g/mol. The molecule has 0 amide bonds. The molecule has 72 valence electrons. The lowest BCUT2D eigenvalue weighted by Gasteiger charge is -1.97. The maximum Gasteiger partial charge on any atom is 0.102 e. The molecule has 0 N–H and O–H groups in total. The summed E-state index contributed by atoms with van der Waals surface area (Å²) in [7, 11) is 1.81. The molecule has 0 spiro atoms. The fraction of sp³-hybridized carbons (Fsp3) is 0.364. The fourth-order valence-electron chi connectivity index (χ4n) is 0.934. The lowest BCUT2D eigenvalue weighted by molar-refractivity contribution is 1.43. The Kier molecular flexibility index (Phi) is 6.33. The Morgan fingerprint density at radius 1 is 1.46 bits per heavy atom. The maximum atomic E-state index is 4.15. The predicted octanol–water partition coefficient (Wildman–Crippen LogP) is 3.80. The Morgan fingerprint density at radius 3 is 2.54 bits per heavy atom. The fourth-order valence-corrected chi connectivity index (χ4v) is 1.81. The SMILES string of the molecule is C=C/C=C1/C(C)=CSC1=NC.CC. The molecule has 0 aromatic carbocycles. The van der Waals surface area contributed by atoms with Gasteiger partial charge in [-0.1, -0.05) is 44.3 Å². The van der Waals surface area contributed by atoms with Crippen LogP contribution in [0.25, 0.3) is 0 Å². The highest BCUT2D eigenvalue weighted by Crippen LogP contribution is 2.29. The molecule has 1 aliphatic heterocycles. The maximum absolute atomic E-state index is 4.15. The minimum atomic E-state index is 1.09. The first-order chi connectivity index (χ1) is 6.29. The van der Waals surface area contributed by atoms with E-state index in [2.05, 4.69) is 23.9 Å². The number of aliphatic imine (C=N–C) groups is 1. The second-order valence-corrected chi connectivity index (χ2v) is 3.12. The quantitative estimate of drug-likeness (QED) is 0.620. The van der Waals surface area contributed by atoms with Gasteiger partial charge in [-0.25, -0.2) is 0 Å². The van der Waals surface area contributed by atoms with E-state index in [1.54, 1.807) is 17.8 Å². The first-order valence-electron chi connectivity index (χ1n) is 4.43. The van der Waals surface area contributed by atoms with Gasteiger partial charge in [0, 0.05) is 12.6 Å². The van der Waals surface area contributed by atoms with E-state index < -0.39 is 0 Å².